The number of aryl methyl sites for hydroxylation is 1. The summed E-state index contributed by atoms with van der Waals surface area (Å²) in [5.74, 6) is -0.271. The van der Waals surface area contributed by atoms with Gasteiger partial charge in [-0.05, 0) is 48.9 Å². The molecule has 0 fully saturated rings. The van der Waals surface area contributed by atoms with Crippen LogP contribution in [-0.2, 0) is 4.74 Å². The van der Waals surface area contributed by atoms with Gasteiger partial charge in [-0.15, -0.1) is 0 Å². The first-order valence-corrected chi connectivity index (χ1v) is 6.33. The lowest BCUT2D eigenvalue weighted by molar-refractivity contribution is 0.0488. The van der Waals surface area contributed by atoms with Crippen molar-refractivity contribution in [2.24, 2.45) is 5.41 Å². The molecule has 0 spiro atoms. The molecule has 1 aromatic rings. The zero-order chi connectivity index (χ0) is 13.8. The van der Waals surface area contributed by atoms with Crippen molar-refractivity contribution in [1.82, 2.24) is 0 Å². The molecule has 3 nitrogen and oxygen atoms in total. The number of rotatable bonds is 4. The summed E-state index contributed by atoms with van der Waals surface area (Å²) in [5.41, 5.74) is 8.15. The summed E-state index contributed by atoms with van der Waals surface area (Å²) in [6, 6.07) is 5.21. The minimum absolute atomic E-state index is 0.271. The molecule has 0 aliphatic carbocycles. The Balaban J connectivity index is 2.43. The highest BCUT2D eigenvalue weighted by Gasteiger charge is 2.11. The van der Waals surface area contributed by atoms with Crippen LogP contribution in [0.4, 0.5) is 5.69 Å². The zero-order valence-electron chi connectivity index (χ0n) is 11.7. The molecule has 0 heterocycles. The second kappa shape index (κ2) is 5.89. The third-order valence-corrected chi connectivity index (χ3v) is 2.81. The summed E-state index contributed by atoms with van der Waals surface area (Å²) in [6.45, 7) is 8.89. The lowest BCUT2D eigenvalue weighted by Crippen LogP contribution is -2.10. The van der Waals surface area contributed by atoms with Gasteiger partial charge in [0.05, 0.1) is 12.2 Å². The molecule has 100 valence electrons. The van der Waals surface area contributed by atoms with Crippen LogP contribution in [0, 0.1) is 12.3 Å². The zero-order valence-corrected chi connectivity index (χ0v) is 11.7. The normalized spacial score (nSPS) is 11.3. The van der Waals surface area contributed by atoms with E-state index in [1.54, 1.807) is 18.2 Å². The van der Waals surface area contributed by atoms with Crippen LogP contribution in [0.15, 0.2) is 18.2 Å². The second-order valence-corrected chi connectivity index (χ2v) is 5.87. The summed E-state index contributed by atoms with van der Waals surface area (Å²) in [5, 5.41) is 0. The van der Waals surface area contributed by atoms with Crippen molar-refractivity contribution in [3.63, 3.8) is 0 Å². The van der Waals surface area contributed by atoms with E-state index in [1.807, 2.05) is 6.92 Å². The van der Waals surface area contributed by atoms with Crippen molar-refractivity contribution < 1.29 is 9.53 Å². The number of hydrogen-bond acceptors (Lipinski definition) is 3. The van der Waals surface area contributed by atoms with Crippen LogP contribution < -0.4 is 5.73 Å². The quantitative estimate of drug-likeness (QED) is 0.504. The standard InChI is InChI=1S/C15H23NO2/c1-11-10-12(6-7-13(11)16)14(17)18-9-5-8-15(2,3)4/h6-7,10H,5,8-9,16H2,1-4H3. The maximum Gasteiger partial charge on any atom is 0.338 e. The van der Waals surface area contributed by atoms with E-state index in [4.69, 9.17) is 10.5 Å². The van der Waals surface area contributed by atoms with Gasteiger partial charge in [0.1, 0.15) is 0 Å². The van der Waals surface area contributed by atoms with Crippen LogP contribution >= 0.6 is 0 Å². The highest BCUT2D eigenvalue weighted by Crippen LogP contribution is 2.20. The molecule has 2 N–H and O–H groups in total. The van der Waals surface area contributed by atoms with E-state index in [-0.39, 0.29) is 11.4 Å². The molecule has 1 rings (SSSR count). The van der Waals surface area contributed by atoms with Crippen LogP contribution in [-0.4, -0.2) is 12.6 Å². The van der Waals surface area contributed by atoms with Gasteiger partial charge in [0.15, 0.2) is 0 Å². The average molecular weight is 249 g/mol. The number of nitrogen functional groups attached to an aromatic ring is 1. The van der Waals surface area contributed by atoms with E-state index in [2.05, 4.69) is 20.8 Å². The van der Waals surface area contributed by atoms with Crippen LogP contribution in [0.3, 0.4) is 0 Å². The molecule has 0 bridgehead atoms. The summed E-state index contributed by atoms with van der Waals surface area (Å²) >= 11 is 0. The Bertz CT molecular complexity index is 419. The van der Waals surface area contributed by atoms with Crippen LogP contribution in [0.2, 0.25) is 0 Å². The van der Waals surface area contributed by atoms with Crippen molar-refractivity contribution in [3.8, 4) is 0 Å². The molecular weight excluding hydrogens is 226 g/mol. The molecule has 0 aliphatic heterocycles. The molecule has 0 amide bonds. The second-order valence-electron chi connectivity index (χ2n) is 5.87. The largest absolute Gasteiger partial charge is 0.462 e. The van der Waals surface area contributed by atoms with Gasteiger partial charge < -0.3 is 10.5 Å². The molecule has 0 atom stereocenters. The van der Waals surface area contributed by atoms with Gasteiger partial charge in [-0.2, -0.15) is 0 Å². The van der Waals surface area contributed by atoms with Crippen LogP contribution in [0.25, 0.3) is 0 Å². The van der Waals surface area contributed by atoms with Crippen molar-refractivity contribution in [3.05, 3.63) is 29.3 Å². The lowest BCUT2D eigenvalue weighted by Gasteiger charge is -2.17. The van der Waals surface area contributed by atoms with Crippen LogP contribution in [0.5, 0.6) is 0 Å². The lowest BCUT2D eigenvalue weighted by atomic mass is 9.91. The highest BCUT2D eigenvalue weighted by molar-refractivity contribution is 5.90. The van der Waals surface area contributed by atoms with Gasteiger partial charge in [-0.3, -0.25) is 0 Å². The summed E-state index contributed by atoms with van der Waals surface area (Å²) < 4.78 is 5.24. The topological polar surface area (TPSA) is 52.3 Å². The first kappa shape index (κ1) is 14.6. The molecule has 3 heteroatoms. The monoisotopic (exact) mass is 249 g/mol. The molecule has 0 aliphatic rings. The molecule has 0 radical (unpaired) electrons. The van der Waals surface area contributed by atoms with E-state index >= 15 is 0 Å². The van der Waals surface area contributed by atoms with Gasteiger partial charge in [-0.25, -0.2) is 4.79 Å². The number of esters is 1. The van der Waals surface area contributed by atoms with E-state index < -0.39 is 0 Å². The molecule has 1 aromatic carbocycles. The smallest absolute Gasteiger partial charge is 0.338 e. The Morgan fingerprint density at radius 2 is 2.00 bits per heavy atom. The number of nitrogens with two attached hydrogens (primary N) is 1. The SMILES string of the molecule is Cc1cc(C(=O)OCCCC(C)(C)C)ccc1N. The number of carbonyl (C=O) groups excluding carboxylic acids is 1. The van der Waals surface area contributed by atoms with Gasteiger partial charge in [0, 0.05) is 5.69 Å². The van der Waals surface area contributed by atoms with Gasteiger partial charge >= 0.3 is 5.97 Å². The summed E-state index contributed by atoms with van der Waals surface area (Å²) in [4.78, 5) is 11.8. The Labute approximate surface area is 109 Å². The Hall–Kier alpha value is -1.51. The van der Waals surface area contributed by atoms with Gasteiger partial charge in [0.2, 0.25) is 0 Å². The van der Waals surface area contributed by atoms with E-state index in [1.165, 1.54) is 0 Å². The summed E-state index contributed by atoms with van der Waals surface area (Å²) in [7, 11) is 0. The first-order chi connectivity index (χ1) is 8.29. The minimum atomic E-state index is -0.271. The highest BCUT2D eigenvalue weighted by atomic mass is 16.5. The van der Waals surface area contributed by atoms with E-state index in [0.717, 1.165) is 18.4 Å². The molecule has 0 saturated carbocycles. The Morgan fingerprint density at radius 3 is 2.56 bits per heavy atom. The molecule has 0 aromatic heterocycles. The summed E-state index contributed by atoms with van der Waals surface area (Å²) in [6.07, 6.45) is 1.93. The molecule has 18 heavy (non-hydrogen) atoms. The van der Waals surface area contributed by atoms with E-state index in [0.29, 0.717) is 17.9 Å². The average Bonchev–Trinajstić information content (AvgIpc) is 2.26. The van der Waals surface area contributed by atoms with Gasteiger partial charge in [-0.1, -0.05) is 20.8 Å². The predicted molar refractivity (Wildman–Crippen MR) is 74.6 cm³/mol. The third-order valence-electron chi connectivity index (χ3n) is 2.81. The number of ether oxygens (including phenoxy) is 1. The van der Waals surface area contributed by atoms with Crippen molar-refractivity contribution >= 4 is 11.7 Å². The van der Waals surface area contributed by atoms with Crippen molar-refractivity contribution in [2.45, 2.75) is 40.5 Å². The maximum atomic E-state index is 11.8. The maximum absolute atomic E-state index is 11.8. The number of benzene rings is 1. The fourth-order valence-electron chi connectivity index (χ4n) is 1.65. The first-order valence-electron chi connectivity index (χ1n) is 6.33. The van der Waals surface area contributed by atoms with Gasteiger partial charge in [0.25, 0.3) is 0 Å². The number of hydrogen-bond donors (Lipinski definition) is 1. The Morgan fingerprint density at radius 1 is 1.33 bits per heavy atom. The van der Waals surface area contributed by atoms with Crippen LogP contribution in [0.1, 0.15) is 49.5 Å². The fourth-order valence-corrected chi connectivity index (χ4v) is 1.65. The van der Waals surface area contributed by atoms with E-state index in [9.17, 15) is 4.79 Å². The Kier molecular flexibility index (Phi) is 4.76. The number of anilines is 1. The van der Waals surface area contributed by atoms with Crippen molar-refractivity contribution in [2.75, 3.05) is 12.3 Å². The molecule has 0 saturated heterocycles. The molecule has 0 unspecified atom stereocenters. The fraction of sp³-hybridized carbons (Fsp3) is 0.533. The van der Waals surface area contributed by atoms with Crippen molar-refractivity contribution in [1.29, 1.82) is 0 Å². The third kappa shape index (κ3) is 4.78. The number of carbonyl (C=O) groups is 1. The molecular formula is C15H23NO2. The minimum Gasteiger partial charge on any atom is -0.462 e. The predicted octanol–water partition coefficient (Wildman–Crippen LogP) is 3.56.